The molecule has 0 amide bonds. The summed E-state index contributed by atoms with van der Waals surface area (Å²) >= 11 is 0. The maximum Gasteiger partial charge on any atom is 0.214 e. The summed E-state index contributed by atoms with van der Waals surface area (Å²) in [6.07, 6.45) is 0.331. The Morgan fingerprint density at radius 2 is 2.00 bits per heavy atom. The SMILES string of the molecule is C[C@@H]1CN(c2cccc(F)n2)C[C@H](C)O1. The Bertz CT molecular complexity index is 335. The van der Waals surface area contributed by atoms with Gasteiger partial charge in [-0.05, 0) is 26.0 Å². The van der Waals surface area contributed by atoms with Crippen molar-refractivity contribution < 1.29 is 9.13 Å². The van der Waals surface area contributed by atoms with Crippen molar-refractivity contribution in [3.8, 4) is 0 Å². The molecule has 0 unspecified atom stereocenters. The minimum atomic E-state index is -0.431. The lowest BCUT2D eigenvalue weighted by atomic mass is 10.2. The molecule has 1 fully saturated rings. The molecule has 1 aliphatic heterocycles. The lowest BCUT2D eigenvalue weighted by Gasteiger charge is -2.36. The van der Waals surface area contributed by atoms with Crippen LogP contribution in [0.2, 0.25) is 0 Å². The number of rotatable bonds is 1. The summed E-state index contributed by atoms with van der Waals surface area (Å²) in [5.41, 5.74) is 0. The van der Waals surface area contributed by atoms with Crippen LogP contribution in [-0.4, -0.2) is 30.3 Å². The summed E-state index contributed by atoms with van der Waals surface area (Å²) in [5.74, 6) is 0.260. The van der Waals surface area contributed by atoms with Gasteiger partial charge in [-0.2, -0.15) is 4.39 Å². The van der Waals surface area contributed by atoms with Gasteiger partial charge in [0.05, 0.1) is 12.2 Å². The van der Waals surface area contributed by atoms with Crippen LogP contribution in [0.1, 0.15) is 13.8 Å². The van der Waals surface area contributed by atoms with E-state index >= 15 is 0 Å². The molecule has 0 spiro atoms. The zero-order chi connectivity index (χ0) is 10.8. The van der Waals surface area contributed by atoms with E-state index in [0.29, 0.717) is 5.82 Å². The van der Waals surface area contributed by atoms with E-state index in [1.807, 2.05) is 19.9 Å². The normalized spacial score (nSPS) is 26.7. The van der Waals surface area contributed by atoms with Gasteiger partial charge in [-0.1, -0.05) is 6.07 Å². The summed E-state index contributed by atoms with van der Waals surface area (Å²) in [6, 6.07) is 4.87. The first-order valence-corrected chi connectivity index (χ1v) is 5.18. The van der Waals surface area contributed by atoms with E-state index in [0.717, 1.165) is 13.1 Å². The highest BCUT2D eigenvalue weighted by Crippen LogP contribution is 2.17. The van der Waals surface area contributed by atoms with Crippen molar-refractivity contribution in [3.05, 3.63) is 24.1 Å². The molecule has 2 heterocycles. The van der Waals surface area contributed by atoms with Crippen LogP contribution in [-0.2, 0) is 4.74 Å². The molecule has 1 saturated heterocycles. The highest BCUT2D eigenvalue weighted by atomic mass is 19.1. The molecule has 0 aromatic carbocycles. The zero-order valence-electron chi connectivity index (χ0n) is 8.98. The number of pyridine rings is 1. The largest absolute Gasteiger partial charge is 0.372 e. The Hall–Kier alpha value is -1.16. The van der Waals surface area contributed by atoms with Gasteiger partial charge in [0.1, 0.15) is 5.82 Å². The molecule has 2 rings (SSSR count). The predicted octanol–water partition coefficient (Wildman–Crippen LogP) is 1.83. The first-order valence-electron chi connectivity index (χ1n) is 5.18. The fraction of sp³-hybridized carbons (Fsp3) is 0.545. The topological polar surface area (TPSA) is 25.4 Å². The Morgan fingerprint density at radius 3 is 2.60 bits per heavy atom. The predicted molar refractivity (Wildman–Crippen MR) is 56.4 cm³/mol. The standard InChI is InChI=1S/C11H15FN2O/c1-8-6-14(7-9(2)15-8)11-5-3-4-10(12)13-11/h3-5,8-9H,6-7H2,1-2H3/t8-,9+. The van der Waals surface area contributed by atoms with Crippen LogP contribution in [0.4, 0.5) is 10.2 Å². The van der Waals surface area contributed by atoms with E-state index < -0.39 is 5.95 Å². The van der Waals surface area contributed by atoms with Gasteiger partial charge in [0.25, 0.3) is 0 Å². The van der Waals surface area contributed by atoms with Gasteiger partial charge in [-0.3, -0.25) is 0 Å². The van der Waals surface area contributed by atoms with Gasteiger partial charge in [-0.25, -0.2) is 4.98 Å². The van der Waals surface area contributed by atoms with Gasteiger partial charge in [0.15, 0.2) is 0 Å². The van der Waals surface area contributed by atoms with Crippen molar-refractivity contribution in [2.45, 2.75) is 26.1 Å². The van der Waals surface area contributed by atoms with Crippen LogP contribution in [0.5, 0.6) is 0 Å². The summed E-state index contributed by atoms with van der Waals surface area (Å²) in [7, 11) is 0. The second kappa shape index (κ2) is 4.14. The van der Waals surface area contributed by atoms with E-state index in [4.69, 9.17) is 4.74 Å². The smallest absolute Gasteiger partial charge is 0.214 e. The minimum absolute atomic E-state index is 0.166. The highest BCUT2D eigenvalue weighted by Gasteiger charge is 2.23. The van der Waals surface area contributed by atoms with E-state index in [1.54, 1.807) is 6.07 Å². The monoisotopic (exact) mass is 210 g/mol. The number of anilines is 1. The van der Waals surface area contributed by atoms with Crippen LogP contribution in [0, 0.1) is 5.95 Å². The Morgan fingerprint density at radius 1 is 1.33 bits per heavy atom. The Kier molecular flexibility index (Phi) is 2.86. The number of hydrogen-bond acceptors (Lipinski definition) is 3. The summed E-state index contributed by atoms with van der Waals surface area (Å²) in [4.78, 5) is 5.93. The summed E-state index contributed by atoms with van der Waals surface area (Å²) < 4.78 is 18.6. The third-order valence-corrected chi connectivity index (χ3v) is 2.44. The van der Waals surface area contributed by atoms with Crippen molar-refractivity contribution in [2.24, 2.45) is 0 Å². The van der Waals surface area contributed by atoms with Crippen LogP contribution < -0.4 is 4.90 Å². The van der Waals surface area contributed by atoms with E-state index in [1.165, 1.54) is 6.07 Å². The minimum Gasteiger partial charge on any atom is -0.372 e. The van der Waals surface area contributed by atoms with Crippen LogP contribution in [0.15, 0.2) is 18.2 Å². The molecule has 0 aliphatic carbocycles. The first kappa shape index (κ1) is 10.4. The van der Waals surface area contributed by atoms with Gasteiger partial charge < -0.3 is 9.64 Å². The fourth-order valence-corrected chi connectivity index (χ4v) is 1.94. The second-order valence-corrected chi connectivity index (χ2v) is 3.98. The average Bonchev–Trinajstić information content (AvgIpc) is 2.16. The maximum atomic E-state index is 12.9. The molecular weight excluding hydrogens is 195 g/mol. The molecule has 0 bridgehead atoms. The molecule has 1 aliphatic rings. The first-order chi connectivity index (χ1) is 7.15. The summed E-state index contributed by atoms with van der Waals surface area (Å²) in [5, 5.41) is 0. The zero-order valence-corrected chi connectivity index (χ0v) is 8.98. The van der Waals surface area contributed by atoms with Gasteiger partial charge in [-0.15, -0.1) is 0 Å². The Balaban J connectivity index is 2.16. The highest BCUT2D eigenvalue weighted by molar-refractivity contribution is 5.38. The maximum absolute atomic E-state index is 12.9. The number of ether oxygens (including phenoxy) is 1. The second-order valence-electron chi connectivity index (χ2n) is 3.98. The molecule has 1 aromatic rings. The average molecular weight is 210 g/mol. The molecule has 82 valence electrons. The molecule has 0 N–H and O–H groups in total. The van der Waals surface area contributed by atoms with E-state index in [-0.39, 0.29) is 12.2 Å². The molecule has 4 heteroatoms. The van der Waals surface area contributed by atoms with Crippen LogP contribution in [0.3, 0.4) is 0 Å². The van der Waals surface area contributed by atoms with E-state index in [2.05, 4.69) is 9.88 Å². The lowest BCUT2D eigenvalue weighted by Crippen LogP contribution is -2.45. The number of nitrogens with zero attached hydrogens (tertiary/aromatic N) is 2. The molecule has 1 aromatic heterocycles. The number of morpholine rings is 1. The Labute approximate surface area is 88.9 Å². The number of halogens is 1. The quantitative estimate of drug-likeness (QED) is 0.661. The van der Waals surface area contributed by atoms with Crippen molar-refractivity contribution >= 4 is 5.82 Å². The molecule has 3 nitrogen and oxygen atoms in total. The molecule has 15 heavy (non-hydrogen) atoms. The van der Waals surface area contributed by atoms with Crippen molar-refractivity contribution in [1.29, 1.82) is 0 Å². The van der Waals surface area contributed by atoms with Gasteiger partial charge in [0.2, 0.25) is 5.95 Å². The van der Waals surface area contributed by atoms with E-state index in [9.17, 15) is 4.39 Å². The molecule has 2 atom stereocenters. The van der Waals surface area contributed by atoms with Crippen LogP contribution >= 0.6 is 0 Å². The lowest BCUT2D eigenvalue weighted by molar-refractivity contribution is -0.00550. The van der Waals surface area contributed by atoms with Gasteiger partial charge in [0, 0.05) is 13.1 Å². The van der Waals surface area contributed by atoms with Crippen molar-refractivity contribution in [2.75, 3.05) is 18.0 Å². The van der Waals surface area contributed by atoms with Crippen molar-refractivity contribution in [1.82, 2.24) is 4.98 Å². The molecule has 0 radical (unpaired) electrons. The third kappa shape index (κ3) is 2.45. The number of hydrogen-bond donors (Lipinski definition) is 0. The molecule has 0 saturated carbocycles. The fourth-order valence-electron chi connectivity index (χ4n) is 1.94. The van der Waals surface area contributed by atoms with Crippen LogP contribution in [0.25, 0.3) is 0 Å². The molecular formula is C11H15FN2O. The third-order valence-electron chi connectivity index (χ3n) is 2.44. The van der Waals surface area contributed by atoms with Gasteiger partial charge >= 0.3 is 0 Å². The van der Waals surface area contributed by atoms with Crippen molar-refractivity contribution in [3.63, 3.8) is 0 Å². The summed E-state index contributed by atoms with van der Waals surface area (Å²) in [6.45, 7) is 5.56. The number of aromatic nitrogens is 1.